The zero-order valence-electron chi connectivity index (χ0n) is 12.2. The molecule has 0 bridgehead atoms. The third-order valence-electron chi connectivity index (χ3n) is 4.66. The Morgan fingerprint density at radius 2 is 2.05 bits per heavy atom. The largest absolute Gasteiger partial charge is 0.384 e. The molecule has 2 aliphatic rings. The fourth-order valence-corrected chi connectivity index (χ4v) is 4.77. The van der Waals surface area contributed by atoms with Gasteiger partial charge in [-0.1, -0.05) is 25.3 Å². The number of anilines is 1. The molecule has 1 saturated heterocycles. The van der Waals surface area contributed by atoms with Gasteiger partial charge in [0.15, 0.2) is 0 Å². The van der Waals surface area contributed by atoms with E-state index in [0.717, 1.165) is 18.1 Å². The third-order valence-corrected chi connectivity index (χ3v) is 5.83. The van der Waals surface area contributed by atoms with E-state index in [2.05, 4.69) is 11.1 Å². The summed E-state index contributed by atoms with van der Waals surface area (Å²) in [6.45, 7) is 4.68. The molecule has 1 atom stereocenters. The summed E-state index contributed by atoms with van der Waals surface area (Å²) in [4.78, 5) is 5.01. The highest BCUT2D eigenvalue weighted by atomic mass is 32.2. The van der Waals surface area contributed by atoms with E-state index in [1.807, 2.05) is 17.8 Å². The number of nitrogens with zero attached hydrogens (tertiary/aromatic N) is 2. The van der Waals surface area contributed by atoms with Crippen molar-refractivity contribution in [1.82, 2.24) is 9.55 Å². The molecule has 4 heteroatoms. The molecule has 1 saturated carbocycles. The predicted molar refractivity (Wildman–Crippen MR) is 87.3 cm³/mol. The average Bonchev–Trinajstić information content (AvgIpc) is 3.10. The molecule has 1 unspecified atom stereocenters. The van der Waals surface area contributed by atoms with Crippen molar-refractivity contribution in [1.29, 1.82) is 0 Å². The highest BCUT2D eigenvalue weighted by Gasteiger charge is 2.28. The van der Waals surface area contributed by atoms with Crippen LogP contribution in [-0.2, 0) is 6.54 Å². The van der Waals surface area contributed by atoms with E-state index in [4.69, 9.17) is 10.7 Å². The minimum atomic E-state index is 0.563. The van der Waals surface area contributed by atoms with Crippen molar-refractivity contribution >= 4 is 17.6 Å². The molecule has 0 amide bonds. The van der Waals surface area contributed by atoms with Crippen molar-refractivity contribution < 1.29 is 0 Å². The van der Waals surface area contributed by atoms with Gasteiger partial charge in [0.05, 0.1) is 5.69 Å². The van der Waals surface area contributed by atoms with Gasteiger partial charge in [0.2, 0.25) is 0 Å². The number of nitrogens with two attached hydrogens (primary N) is 1. The molecular weight excluding hydrogens is 266 g/mol. The Hall–Kier alpha value is -0.900. The van der Waals surface area contributed by atoms with Gasteiger partial charge >= 0.3 is 0 Å². The summed E-state index contributed by atoms with van der Waals surface area (Å²) < 4.78 is 2.22. The van der Waals surface area contributed by atoms with Crippen LogP contribution in [0.2, 0.25) is 0 Å². The van der Waals surface area contributed by atoms with E-state index in [1.54, 1.807) is 0 Å². The van der Waals surface area contributed by atoms with Crippen LogP contribution in [0.1, 0.15) is 61.9 Å². The standard InChI is InChI=1S/C16H25N3S/c1-2-9-19-15(17)14(13-8-10-20-11-13)18-16(19)12-6-4-3-5-7-12/h2,12-13H,1,3-11,17H2. The van der Waals surface area contributed by atoms with Gasteiger partial charge in [0.1, 0.15) is 11.6 Å². The lowest BCUT2D eigenvalue weighted by Gasteiger charge is -2.22. The number of hydrogen-bond acceptors (Lipinski definition) is 3. The molecule has 1 aromatic heterocycles. The molecule has 3 nitrogen and oxygen atoms in total. The topological polar surface area (TPSA) is 43.8 Å². The Kier molecular flexibility index (Phi) is 4.39. The van der Waals surface area contributed by atoms with Gasteiger partial charge in [-0.3, -0.25) is 0 Å². The minimum Gasteiger partial charge on any atom is -0.384 e. The Labute approximate surface area is 126 Å². The highest BCUT2D eigenvalue weighted by molar-refractivity contribution is 7.99. The van der Waals surface area contributed by atoms with Crippen LogP contribution in [0.15, 0.2) is 12.7 Å². The van der Waals surface area contributed by atoms with Gasteiger partial charge in [-0.15, -0.1) is 6.58 Å². The van der Waals surface area contributed by atoms with Crippen molar-refractivity contribution in [3.8, 4) is 0 Å². The first-order valence-corrected chi connectivity index (χ1v) is 9.01. The first kappa shape index (κ1) is 14.1. The average molecular weight is 291 g/mol. The maximum Gasteiger partial charge on any atom is 0.127 e. The van der Waals surface area contributed by atoms with E-state index in [9.17, 15) is 0 Å². The molecule has 2 fully saturated rings. The second-order valence-electron chi connectivity index (χ2n) is 6.04. The third kappa shape index (κ3) is 2.62. The van der Waals surface area contributed by atoms with Gasteiger partial charge in [-0.25, -0.2) is 4.98 Å². The molecule has 1 aliphatic heterocycles. The molecule has 2 heterocycles. The van der Waals surface area contributed by atoms with Crippen molar-refractivity contribution in [2.24, 2.45) is 0 Å². The second kappa shape index (κ2) is 6.25. The smallest absolute Gasteiger partial charge is 0.127 e. The lowest BCUT2D eigenvalue weighted by molar-refractivity contribution is 0.419. The van der Waals surface area contributed by atoms with Gasteiger partial charge in [0.25, 0.3) is 0 Å². The number of nitrogen functional groups attached to an aromatic ring is 1. The van der Waals surface area contributed by atoms with Gasteiger partial charge in [0, 0.05) is 24.1 Å². The van der Waals surface area contributed by atoms with Crippen molar-refractivity contribution in [3.63, 3.8) is 0 Å². The number of imidazole rings is 1. The van der Waals surface area contributed by atoms with Crippen LogP contribution < -0.4 is 5.73 Å². The van der Waals surface area contributed by atoms with Gasteiger partial charge in [-0.2, -0.15) is 11.8 Å². The van der Waals surface area contributed by atoms with Gasteiger partial charge in [-0.05, 0) is 25.0 Å². The molecule has 0 radical (unpaired) electrons. The maximum absolute atomic E-state index is 6.42. The lowest BCUT2D eigenvalue weighted by atomic mass is 9.88. The molecule has 3 rings (SSSR count). The maximum atomic E-state index is 6.42. The SMILES string of the molecule is C=CCn1c(C2CCCCC2)nc(C2CCSC2)c1N. The lowest BCUT2D eigenvalue weighted by Crippen LogP contribution is -2.13. The van der Waals surface area contributed by atoms with E-state index in [0.29, 0.717) is 11.8 Å². The van der Waals surface area contributed by atoms with E-state index < -0.39 is 0 Å². The van der Waals surface area contributed by atoms with Crippen molar-refractivity contribution in [2.75, 3.05) is 17.2 Å². The molecule has 0 spiro atoms. The first-order valence-electron chi connectivity index (χ1n) is 7.85. The van der Waals surface area contributed by atoms with Crippen LogP contribution in [0.3, 0.4) is 0 Å². The molecule has 110 valence electrons. The van der Waals surface area contributed by atoms with Crippen LogP contribution in [0, 0.1) is 0 Å². The van der Waals surface area contributed by atoms with Crippen LogP contribution in [0.5, 0.6) is 0 Å². The van der Waals surface area contributed by atoms with Crippen LogP contribution >= 0.6 is 11.8 Å². The first-order chi connectivity index (χ1) is 9.81. The van der Waals surface area contributed by atoms with Gasteiger partial charge < -0.3 is 10.3 Å². The fourth-order valence-electron chi connectivity index (χ4n) is 3.55. The molecule has 0 aromatic carbocycles. The number of rotatable bonds is 4. The molecule has 1 aliphatic carbocycles. The minimum absolute atomic E-state index is 0.563. The van der Waals surface area contributed by atoms with E-state index in [1.165, 1.54) is 55.9 Å². The summed E-state index contributed by atoms with van der Waals surface area (Å²) in [5.41, 5.74) is 7.58. The normalized spacial score (nSPS) is 24.1. The Morgan fingerprint density at radius 1 is 1.25 bits per heavy atom. The fraction of sp³-hybridized carbons (Fsp3) is 0.688. The monoisotopic (exact) mass is 291 g/mol. The van der Waals surface area contributed by atoms with Crippen LogP contribution in [0.25, 0.3) is 0 Å². The van der Waals surface area contributed by atoms with Crippen LogP contribution in [0.4, 0.5) is 5.82 Å². The van der Waals surface area contributed by atoms with E-state index >= 15 is 0 Å². The number of aromatic nitrogens is 2. The Bertz CT molecular complexity index is 468. The summed E-state index contributed by atoms with van der Waals surface area (Å²) in [6, 6.07) is 0. The number of hydrogen-bond donors (Lipinski definition) is 1. The number of allylic oxidation sites excluding steroid dienone is 1. The summed E-state index contributed by atoms with van der Waals surface area (Å²) in [6.07, 6.45) is 9.75. The summed E-state index contributed by atoms with van der Waals surface area (Å²) in [7, 11) is 0. The summed E-state index contributed by atoms with van der Waals surface area (Å²) in [5.74, 6) is 5.73. The molecule has 1 aromatic rings. The Morgan fingerprint density at radius 3 is 2.70 bits per heavy atom. The summed E-state index contributed by atoms with van der Waals surface area (Å²) >= 11 is 2.02. The molecular formula is C16H25N3S. The predicted octanol–water partition coefficient (Wildman–Crippen LogP) is 3.92. The Balaban J connectivity index is 1.93. The van der Waals surface area contributed by atoms with E-state index in [-0.39, 0.29) is 0 Å². The molecule has 20 heavy (non-hydrogen) atoms. The zero-order chi connectivity index (χ0) is 13.9. The summed E-state index contributed by atoms with van der Waals surface area (Å²) in [5, 5.41) is 0. The second-order valence-corrected chi connectivity index (χ2v) is 7.19. The van der Waals surface area contributed by atoms with Crippen molar-refractivity contribution in [3.05, 3.63) is 24.2 Å². The van der Waals surface area contributed by atoms with Crippen LogP contribution in [-0.4, -0.2) is 21.1 Å². The number of thioether (sulfide) groups is 1. The quantitative estimate of drug-likeness (QED) is 0.855. The highest BCUT2D eigenvalue weighted by Crippen LogP contribution is 2.39. The van der Waals surface area contributed by atoms with Crippen molar-refractivity contribution in [2.45, 2.75) is 56.9 Å². The zero-order valence-corrected chi connectivity index (χ0v) is 13.0. The molecule has 2 N–H and O–H groups in total.